The van der Waals surface area contributed by atoms with Gasteiger partial charge >= 0.3 is 0 Å². The molecule has 32 heavy (non-hydrogen) atoms. The fourth-order valence-corrected chi connectivity index (χ4v) is 5.15. The quantitative estimate of drug-likeness (QED) is 0.584. The zero-order chi connectivity index (χ0) is 22.5. The van der Waals surface area contributed by atoms with Crippen LogP contribution in [0.1, 0.15) is 95.6 Å². The number of hydrogen-bond acceptors (Lipinski definition) is 6. The number of aliphatic hydroxyl groups is 1. The van der Waals surface area contributed by atoms with Gasteiger partial charge in [-0.2, -0.15) is 0 Å². The molecule has 1 saturated carbocycles. The van der Waals surface area contributed by atoms with Gasteiger partial charge < -0.3 is 19.7 Å². The number of anilines is 1. The van der Waals surface area contributed by atoms with Crippen molar-refractivity contribution in [3.8, 4) is 0 Å². The average Bonchev–Trinajstić information content (AvgIpc) is 2.81. The van der Waals surface area contributed by atoms with Crippen LogP contribution in [-0.2, 0) is 4.74 Å². The van der Waals surface area contributed by atoms with E-state index in [-0.39, 0.29) is 23.7 Å². The molecule has 2 aliphatic rings. The van der Waals surface area contributed by atoms with Gasteiger partial charge in [0.25, 0.3) is 5.56 Å². The number of pyridine rings is 1. The Morgan fingerprint density at radius 1 is 1.19 bits per heavy atom. The molecule has 1 aliphatic heterocycles. The molecule has 2 aromatic rings. The lowest BCUT2D eigenvalue weighted by Gasteiger charge is -2.29. The molecule has 2 aromatic heterocycles. The van der Waals surface area contributed by atoms with Crippen LogP contribution in [0.15, 0.2) is 17.2 Å². The fourth-order valence-electron chi connectivity index (χ4n) is 5.15. The molecule has 7 heteroatoms. The van der Waals surface area contributed by atoms with Gasteiger partial charge in [-0.25, -0.2) is 9.97 Å². The highest BCUT2D eigenvalue weighted by molar-refractivity contribution is 5.81. The number of rotatable bonds is 8. The summed E-state index contributed by atoms with van der Waals surface area (Å²) >= 11 is 0. The van der Waals surface area contributed by atoms with Crippen LogP contribution >= 0.6 is 0 Å². The van der Waals surface area contributed by atoms with Gasteiger partial charge in [0.2, 0.25) is 5.95 Å². The summed E-state index contributed by atoms with van der Waals surface area (Å²) in [6.45, 7) is 5.75. The molecule has 0 amide bonds. The van der Waals surface area contributed by atoms with Gasteiger partial charge in [-0.1, -0.05) is 26.2 Å². The van der Waals surface area contributed by atoms with Gasteiger partial charge in [-0.3, -0.25) is 4.79 Å². The van der Waals surface area contributed by atoms with Gasteiger partial charge in [0, 0.05) is 37.7 Å². The van der Waals surface area contributed by atoms with Crippen molar-refractivity contribution in [2.45, 2.75) is 102 Å². The van der Waals surface area contributed by atoms with E-state index in [1.807, 2.05) is 4.57 Å². The minimum atomic E-state index is -0.213. The number of hydrogen-bond donors (Lipinski definition) is 2. The number of fused-ring (bicyclic) bond motifs is 1. The number of aromatic nitrogens is 3. The molecule has 1 atom stereocenters. The van der Waals surface area contributed by atoms with Crippen LogP contribution in [0.3, 0.4) is 0 Å². The van der Waals surface area contributed by atoms with E-state index in [1.165, 1.54) is 19.3 Å². The van der Waals surface area contributed by atoms with Crippen LogP contribution in [0.4, 0.5) is 5.95 Å². The highest BCUT2D eigenvalue weighted by Gasteiger charge is 2.27. The molecule has 2 fully saturated rings. The van der Waals surface area contributed by atoms with Crippen LogP contribution in [0.25, 0.3) is 10.9 Å². The molecule has 0 unspecified atom stereocenters. The molecule has 0 spiro atoms. The smallest absolute Gasteiger partial charge is 0.261 e. The molecule has 1 aliphatic carbocycles. The summed E-state index contributed by atoms with van der Waals surface area (Å²) < 4.78 is 7.43. The van der Waals surface area contributed by atoms with E-state index in [4.69, 9.17) is 9.72 Å². The van der Waals surface area contributed by atoms with Crippen molar-refractivity contribution in [2.24, 2.45) is 0 Å². The molecule has 0 radical (unpaired) electrons. The molecule has 2 N–H and O–H groups in total. The topological polar surface area (TPSA) is 89.3 Å². The zero-order valence-corrected chi connectivity index (χ0v) is 19.6. The number of unbranched alkanes of at least 4 members (excludes halogenated alkanes) is 2. The number of nitrogens with one attached hydrogen (secondary N) is 1. The summed E-state index contributed by atoms with van der Waals surface area (Å²) in [5, 5.41) is 14.1. The second-order valence-electron chi connectivity index (χ2n) is 9.64. The lowest BCUT2D eigenvalue weighted by molar-refractivity contribution is 0.0686. The van der Waals surface area contributed by atoms with E-state index in [1.54, 1.807) is 6.20 Å². The van der Waals surface area contributed by atoms with Crippen LogP contribution in [-0.4, -0.2) is 45.0 Å². The Morgan fingerprint density at radius 3 is 2.66 bits per heavy atom. The Balaban J connectivity index is 1.69. The van der Waals surface area contributed by atoms with Crippen LogP contribution in [0.2, 0.25) is 0 Å². The van der Waals surface area contributed by atoms with E-state index < -0.39 is 0 Å². The van der Waals surface area contributed by atoms with Gasteiger partial charge in [0.15, 0.2) is 0 Å². The highest BCUT2D eigenvalue weighted by atomic mass is 16.5. The Bertz CT molecular complexity index is 946. The third-order valence-corrected chi connectivity index (χ3v) is 7.14. The summed E-state index contributed by atoms with van der Waals surface area (Å²) in [7, 11) is 0. The Hall–Kier alpha value is -1.99. The third kappa shape index (κ3) is 5.31. The van der Waals surface area contributed by atoms with Gasteiger partial charge in [-0.05, 0) is 63.4 Å². The standard InChI is InChI=1S/C25H38N4O3/c1-3-4-5-6-17(2)27-25-26-15-21-23(28-25)22(18-7-9-20(30)10-8-18)16-29(24(21)31)19-11-13-32-14-12-19/h15-20,30H,3-14H2,1-2H3,(H,26,27,28)/t17-,18?,20?/m0/s1. The van der Waals surface area contributed by atoms with Crippen LogP contribution < -0.4 is 10.9 Å². The number of nitrogens with zero attached hydrogens (tertiary/aromatic N) is 3. The lowest BCUT2D eigenvalue weighted by atomic mass is 9.82. The SMILES string of the molecule is CCCCC[C@H](C)Nc1ncc2c(=O)n(C3CCOCC3)cc(C3CCC(O)CC3)c2n1. The second-order valence-corrected chi connectivity index (χ2v) is 9.64. The first kappa shape index (κ1) is 23.2. The van der Waals surface area contributed by atoms with Crippen molar-refractivity contribution in [3.63, 3.8) is 0 Å². The van der Waals surface area contributed by atoms with Crippen molar-refractivity contribution >= 4 is 16.9 Å². The summed E-state index contributed by atoms with van der Waals surface area (Å²) in [5.74, 6) is 0.902. The van der Waals surface area contributed by atoms with Gasteiger partial charge in [0.1, 0.15) is 0 Å². The summed E-state index contributed by atoms with van der Waals surface area (Å²) in [5.41, 5.74) is 1.90. The van der Waals surface area contributed by atoms with Crippen LogP contribution in [0, 0.1) is 0 Å². The molecule has 1 saturated heterocycles. The predicted molar refractivity (Wildman–Crippen MR) is 127 cm³/mol. The summed E-state index contributed by atoms with van der Waals surface area (Å²) in [6, 6.07) is 0.444. The molecule has 0 aromatic carbocycles. The number of aliphatic hydroxyl groups excluding tert-OH is 1. The normalized spacial score (nSPS) is 23.3. The molecule has 7 nitrogen and oxygen atoms in total. The Kier molecular flexibility index (Phi) is 7.79. The second kappa shape index (κ2) is 10.8. The molecular formula is C25H38N4O3. The molecule has 176 valence electrons. The van der Waals surface area contributed by atoms with E-state index in [2.05, 4.69) is 30.3 Å². The molecular weight excluding hydrogens is 404 g/mol. The Labute approximate surface area is 190 Å². The summed E-state index contributed by atoms with van der Waals surface area (Å²) in [6.07, 6.45) is 13.4. The summed E-state index contributed by atoms with van der Waals surface area (Å²) in [4.78, 5) is 22.8. The van der Waals surface area contributed by atoms with Crippen molar-refractivity contribution in [1.82, 2.24) is 14.5 Å². The Morgan fingerprint density at radius 2 is 1.94 bits per heavy atom. The largest absolute Gasteiger partial charge is 0.393 e. The van der Waals surface area contributed by atoms with E-state index in [9.17, 15) is 9.90 Å². The van der Waals surface area contributed by atoms with E-state index in [0.717, 1.165) is 56.0 Å². The maximum Gasteiger partial charge on any atom is 0.261 e. The average molecular weight is 443 g/mol. The predicted octanol–water partition coefficient (Wildman–Crippen LogP) is 4.54. The lowest BCUT2D eigenvalue weighted by Crippen LogP contribution is -2.30. The molecule has 4 rings (SSSR count). The van der Waals surface area contributed by atoms with Crippen molar-refractivity contribution in [3.05, 3.63) is 28.3 Å². The minimum Gasteiger partial charge on any atom is -0.393 e. The van der Waals surface area contributed by atoms with Crippen LogP contribution in [0.5, 0.6) is 0 Å². The van der Waals surface area contributed by atoms with E-state index in [0.29, 0.717) is 30.5 Å². The molecule has 3 heterocycles. The van der Waals surface area contributed by atoms with Gasteiger partial charge in [0.05, 0.1) is 17.0 Å². The maximum atomic E-state index is 13.4. The fraction of sp³-hybridized carbons (Fsp3) is 0.720. The van der Waals surface area contributed by atoms with Crippen molar-refractivity contribution in [2.75, 3.05) is 18.5 Å². The first-order valence-electron chi connectivity index (χ1n) is 12.5. The van der Waals surface area contributed by atoms with Crippen molar-refractivity contribution < 1.29 is 9.84 Å². The zero-order valence-electron chi connectivity index (χ0n) is 19.6. The van der Waals surface area contributed by atoms with Gasteiger partial charge in [-0.15, -0.1) is 0 Å². The van der Waals surface area contributed by atoms with Crippen molar-refractivity contribution in [1.29, 1.82) is 0 Å². The number of ether oxygens (including phenoxy) is 1. The minimum absolute atomic E-state index is 0.00552. The van der Waals surface area contributed by atoms with E-state index >= 15 is 0 Å². The third-order valence-electron chi connectivity index (χ3n) is 7.14. The molecule has 0 bridgehead atoms. The monoisotopic (exact) mass is 442 g/mol. The maximum absolute atomic E-state index is 13.4. The first-order chi connectivity index (χ1) is 15.6. The highest BCUT2D eigenvalue weighted by Crippen LogP contribution is 2.36. The first-order valence-corrected chi connectivity index (χ1v) is 12.5.